The monoisotopic (exact) mass is 339 g/mol. The Labute approximate surface area is 148 Å². The normalized spacial score (nSPS) is 17.8. The van der Waals surface area contributed by atoms with E-state index < -0.39 is 0 Å². The van der Waals surface area contributed by atoms with Crippen LogP contribution in [0, 0.1) is 0 Å². The molecule has 0 bridgehead atoms. The summed E-state index contributed by atoms with van der Waals surface area (Å²) in [5.41, 5.74) is 7.62. The number of anilines is 1. The number of hydrogen-bond acceptors (Lipinski definition) is 4. The first-order valence-corrected chi connectivity index (χ1v) is 8.73. The van der Waals surface area contributed by atoms with Gasteiger partial charge < -0.3 is 15.8 Å². The lowest BCUT2D eigenvalue weighted by molar-refractivity contribution is -0.124. The maximum absolute atomic E-state index is 12.1. The van der Waals surface area contributed by atoms with Crippen molar-refractivity contribution in [3.8, 4) is 5.75 Å². The van der Waals surface area contributed by atoms with Gasteiger partial charge in [-0.3, -0.25) is 9.69 Å². The van der Waals surface area contributed by atoms with Gasteiger partial charge in [-0.2, -0.15) is 0 Å². The summed E-state index contributed by atoms with van der Waals surface area (Å²) in [6, 6.07) is 17.7. The van der Waals surface area contributed by atoms with E-state index in [1.165, 1.54) is 5.56 Å². The molecule has 3 rings (SSSR count). The van der Waals surface area contributed by atoms with Crippen molar-refractivity contribution in [3.05, 3.63) is 60.2 Å². The van der Waals surface area contributed by atoms with Gasteiger partial charge in [0.2, 0.25) is 0 Å². The summed E-state index contributed by atoms with van der Waals surface area (Å²) in [5, 5.41) is 3.09. The van der Waals surface area contributed by atoms with E-state index in [1.807, 2.05) is 6.07 Å². The molecule has 1 amide bonds. The maximum Gasteiger partial charge on any atom is 0.258 e. The van der Waals surface area contributed by atoms with E-state index in [2.05, 4.69) is 34.5 Å². The second kappa shape index (κ2) is 8.53. The maximum atomic E-state index is 12.1. The summed E-state index contributed by atoms with van der Waals surface area (Å²) in [7, 11) is 0. The van der Waals surface area contributed by atoms with Crippen LogP contribution in [0.5, 0.6) is 5.75 Å². The molecule has 0 aliphatic carbocycles. The van der Waals surface area contributed by atoms with Crippen molar-refractivity contribution in [1.82, 2.24) is 10.2 Å². The van der Waals surface area contributed by atoms with Gasteiger partial charge in [-0.05, 0) is 49.2 Å². The number of benzene rings is 2. The van der Waals surface area contributed by atoms with E-state index in [0.717, 1.165) is 32.5 Å². The standard InChI is InChI=1S/C20H25N3O2/c21-17-8-10-19(11-9-17)25-15-20(24)22-18-7-4-12-23(14-18)13-16-5-2-1-3-6-16/h1-3,5-6,8-11,18H,4,7,12-15,21H2,(H,22,24). The minimum atomic E-state index is -0.0802. The van der Waals surface area contributed by atoms with Crippen LogP contribution in [0.3, 0.4) is 0 Å². The molecule has 1 unspecified atom stereocenters. The van der Waals surface area contributed by atoms with Crippen LogP contribution in [0.2, 0.25) is 0 Å². The summed E-state index contributed by atoms with van der Waals surface area (Å²) < 4.78 is 5.51. The predicted molar refractivity (Wildman–Crippen MR) is 99.2 cm³/mol. The molecule has 1 aliphatic heterocycles. The molecule has 132 valence electrons. The molecule has 1 fully saturated rings. The molecule has 0 spiro atoms. The number of nitrogens with two attached hydrogens (primary N) is 1. The van der Waals surface area contributed by atoms with Crippen LogP contribution in [0.1, 0.15) is 18.4 Å². The second-order valence-corrected chi connectivity index (χ2v) is 6.49. The van der Waals surface area contributed by atoms with E-state index in [9.17, 15) is 4.79 Å². The molecule has 5 nitrogen and oxygen atoms in total. The van der Waals surface area contributed by atoms with E-state index in [-0.39, 0.29) is 18.6 Å². The van der Waals surface area contributed by atoms with Crippen molar-refractivity contribution in [2.24, 2.45) is 0 Å². The van der Waals surface area contributed by atoms with E-state index in [0.29, 0.717) is 11.4 Å². The Kier molecular flexibility index (Phi) is 5.90. The topological polar surface area (TPSA) is 67.6 Å². The number of rotatable bonds is 6. The van der Waals surface area contributed by atoms with E-state index >= 15 is 0 Å². The quantitative estimate of drug-likeness (QED) is 0.793. The summed E-state index contributed by atoms with van der Waals surface area (Å²) >= 11 is 0. The largest absolute Gasteiger partial charge is 0.484 e. The molecule has 1 saturated heterocycles. The lowest BCUT2D eigenvalue weighted by Crippen LogP contribution is -2.48. The molecule has 1 aliphatic rings. The van der Waals surface area contributed by atoms with Gasteiger partial charge in [0.1, 0.15) is 5.75 Å². The van der Waals surface area contributed by atoms with Crippen molar-refractivity contribution in [2.75, 3.05) is 25.4 Å². The molecule has 5 heteroatoms. The number of carbonyl (C=O) groups is 1. The number of piperidine rings is 1. The van der Waals surface area contributed by atoms with Gasteiger partial charge in [0.05, 0.1) is 0 Å². The van der Waals surface area contributed by atoms with Gasteiger partial charge >= 0.3 is 0 Å². The predicted octanol–water partition coefficient (Wildman–Crippen LogP) is 2.43. The fourth-order valence-corrected chi connectivity index (χ4v) is 3.14. The molecule has 25 heavy (non-hydrogen) atoms. The summed E-state index contributed by atoms with van der Waals surface area (Å²) in [6.45, 7) is 2.90. The number of carbonyl (C=O) groups excluding carboxylic acids is 1. The highest BCUT2D eigenvalue weighted by molar-refractivity contribution is 5.77. The first-order chi connectivity index (χ1) is 12.2. The smallest absolute Gasteiger partial charge is 0.258 e. The summed E-state index contributed by atoms with van der Waals surface area (Å²) in [4.78, 5) is 14.5. The molecule has 1 heterocycles. The van der Waals surface area contributed by atoms with E-state index in [4.69, 9.17) is 10.5 Å². The highest BCUT2D eigenvalue weighted by Gasteiger charge is 2.21. The van der Waals surface area contributed by atoms with Crippen LogP contribution in [0.25, 0.3) is 0 Å². The fourth-order valence-electron chi connectivity index (χ4n) is 3.14. The Hall–Kier alpha value is -2.53. The third-order valence-electron chi connectivity index (χ3n) is 4.37. The number of ether oxygens (including phenoxy) is 1. The molecular weight excluding hydrogens is 314 g/mol. The number of amides is 1. The molecule has 2 aromatic rings. The zero-order chi connectivity index (χ0) is 17.5. The highest BCUT2D eigenvalue weighted by atomic mass is 16.5. The minimum Gasteiger partial charge on any atom is -0.484 e. The molecule has 2 aromatic carbocycles. The van der Waals surface area contributed by atoms with Crippen molar-refractivity contribution in [2.45, 2.75) is 25.4 Å². The third kappa shape index (κ3) is 5.50. The van der Waals surface area contributed by atoms with Crippen LogP contribution in [0.4, 0.5) is 5.69 Å². The van der Waals surface area contributed by atoms with Gasteiger partial charge in [0.25, 0.3) is 5.91 Å². The van der Waals surface area contributed by atoms with Crippen molar-refractivity contribution in [3.63, 3.8) is 0 Å². The zero-order valence-corrected chi connectivity index (χ0v) is 14.4. The number of nitrogens with zero attached hydrogens (tertiary/aromatic N) is 1. The molecule has 3 N–H and O–H groups in total. The van der Waals surface area contributed by atoms with Crippen molar-refractivity contribution >= 4 is 11.6 Å². The highest BCUT2D eigenvalue weighted by Crippen LogP contribution is 2.15. The van der Waals surface area contributed by atoms with Crippen LogP contribution in [0.15, 0.2) is 54.6 Å². The average Bonchev–Trinajstić information content (AvgIpc) is 2.62. The van der Waals surface area contributed by atoms with Crippen molar-refractivity contribution in [1.29, 1.82) is 0 Å². The summed E-state index contributed by atoms with van der Waals surface area (Å²) in [5.74, 6) is 0.571. The van der Waals surface area contributed by atoms with Crippen LogP contribution >= 0.6 is 0 Å². The average molecular weight is 339 g/mol. The molecule has 0 aromatic heterocycles. The Bertz CT molecular complexity index is 673. The Balaban J connectivity index is 1.43. The van der Waals surface area contributed by atoms with E-state index in [1.54, 1.807) is 24.3 Å². The fraction of sp³-hybridized carbons (Fsp3) is 0.350. The van der Waals surface area contributed by atoms with Crippen LogP contribution in [-0.4, -0.2) is 36.5 Å². The SMILES string of the molecule is Nc1ccc(OCC(=O)NC2CCCN(Cc3ccccc3)C2)cc1. The Morgan fingerprint density at radius 2 is 1.92 bits per heavy atom. The van der Waals surface area contributed by atoms with Gasteiger partial charge in [0.15, 0.2) is 6.61 Å². The first kappa shape index (κ1) is 17.3. The van der Waals surface area contributed by atoms with Crippen LogP contribution < -0.4 is 15.8 Å². The number of nitrogen functional groups attached to an aromatic ring is 1. The minimum absolute atomic E-state index is 0.0269. The van der Waals surface area contributed by atoms with Crippen LogP contribution in [-0.2, 0) is 11.3 Å². The Morgan fingerprint density at radius 1 is 1.16 bits per heavy atom. The third-order valence-corrected chi connectivity index (χ3v) is 4.37. The Morgan fingerprint density at radius 3 is 2.68 bits per heavy atom. The first-order valence-electron chi connectivity index (χ1n) is 8.73. The number of hydrogen-bond donors (Lipinski definition) is 2. The molecule has 0 saturated carbocycles. The lowest BCUT2D eigenvalue weighted by atomic mass is 10.0. The molecule has 0 radical (unpaired) electrons. The molecule has 1 atom stereocenters. The zero-order valence-electron chi connectivity index (χ0n) is 14.4. The van der Waals surface area contributed by atoms with Gasteiger partial charge in [-0.1, -0.05) is 30.3 Å². The van der Waals surface area contributed by atoms with Gasteiger partial charge in [0, 0.05) is 24.8 Å². The van der Waals surface area contributed by atoms with Gasteiger partial charge in [-0.15, -0.1) is 0 Å². The lowest BCUT2D eigenvalue weighted by Gasteiger charge is -2.33. The number of likely N-dealkylation sites (tertiary alicyclic amines) is 1. The summed E-state index contributed by atoms with van der Waals surface area (Å²) in [6.07, 6.45) is 2.11. The van der Waals surface area contributed by atoms with Crippen molar-refractivity contribution < 1.29 is 9.53 Å². The molecular formula is C20H25N3O2. The number of nitrogens with one attached hydrogen (secondary N) is 1. The second-order valence-electron chi connectivity index (χ2n) is 6.49. The van der Waals surface area contributed by atoms with Gasteiger partial charge in [-0.25, -0.2) is 0 Å².